The van der Waals surface area contributed by atoms with E-state index in [2.05, 4.69) is 10.1 Å². The Morgan fingerprint density at radius 2 is 2.15 bits per heavy atom. The Morgan fingerprint density at radius 1 is 1.54 bits per heavy atom. The van der Waals surface area contributed by atoms with E-state index in [-0.39, 0.29) is 17.3 Å². The number of carbonyl (C=O) groups excluding carboxylic acids is 1. The largest absolute Gasteiger partial charge is 0.468 e. The summed E-state index contributed by atoms with van der Waals surface area (Å²) in [6.45, 7) is 3.85. The van der Waals surface area contributed by atoms with Gasteiger partial charge in [-0.2, -0.15) is 0 Å². The van der Waals surface area contributed by atoms with E-state index >= 15 is 0 Å². The molecule has 0 spiro atoms. The zero-order valence-electron chi connectivity index (χ0n) is 8.07. The average molecular weight is 205 g/mol. The van der Waals surface area contributed by atoms with Crippen molar-refractivity contribution in [2.24, 2.45) is 0 Å². The van der Waals surface area contributed by atoms with Gasteiger partial charge in [-0.25, -0.2) is 0 Å². The monoisotopic (exact) mass is 205 g/mol. The minimum Gasteiger partial charge on any atom is -0.468 e. The quantitative estimate of drug-likeness (QED) is 0.595. The Morgan fingerprint density at radius 3 is 2.62 bits per heavy atom. The topological polar surface area (TPSA) is 55.4 Å². The molecule has 0 saturated carbocycles. The smallest absolute Gasteiger partial charge is 0.323 e. The van der Waals surface area contributed by atoms with E-state index in [0.717, 1.165) is 0 Å². The van der Waals surface area contributed by atoms with Gasteiger partial charge >= 0.3 is 5.97 Å². The maximum Gasteiger partial charge on any atom is 0.323 e. The summed E-state index contributed by atoms with van der Waals surface area (Å²) in [4.78, 5) is 11.1. The average Bonchev–Trinajstić information content (AvgIpc) is 2.12. The molecule has 0 amide bonds. The van der Waals surface area contributed by atoms with E-state index in [4.69, 9.17) is 0 Å². The van der Waals surface area contributed by atoms with E-state index in [1.165, 1.54) is 7.11 Å². The van der Waals surface area contributed by atoms with Crippen molar-refractivity contribution in [1.29, 1.82) is 0 Å². The Labute approximate surface area is 80.5 Å². The first kappa shape index (κ1) is 10.7. The summed E-state index contributed by atoms with van der Waals surface area (Å²) in [5.41, 5.74) is 0. The highest BCUT2D eigenvalue weighted by atomic mass is 32.2. The van der Waals surface area contributed by atoms with Crippen LogP contribution in [0.1, 0.15) is 13.8 Å². The number of methoxy groups -OCH3 is 1. The standard InChI is InChI=1S/C8H15NO3S/c1-5-6(2)13(11)4-7(9-5)8(10)12-3/h5-7,9H,4H2,1-3H3. The zero-order chi connectivity index (χ0) is 10.0. The molecule has 4 atom stereocenters. The van der Waals surface area contributed by atoms with Crippen LogP contribution in [0.25, 0.3) is 0 Å². The molecule has 1 heterocycles. The number of esters is 1. The fourth-order valence-corrected chi connectivity index (χ4v) is 2.72. The SMILES string of the molecule is COC(=O)C1CS(=O)C(C)C(C)N1. The van der Waals surface area contributed by atoms with Gasteiger partial charge in [-0.1, -0.05) is 0 Å². The van der Waals surface area contributed by atoms with Crippen molar-refractivity contribution in [2.45, 2.75) is 31.2 Å². The Hall–Kier alpha value is -0.420. The number of carbonyl (C=O) groups is 1. The van der Waals surface area contributed by atoms with Crippen LogP contribution in [0.5, 0.6) is 0 Å². The van der Waals surface area contributed by atoms with Gasteiger partial charge in [0, 0.05) is 27.8 Å². The summed E-state index contributed by atoms with van der Waals surface area (Å²) in [6.07, 6.45) is 0. The highest BCUT2D eigenvalue weighted by Crippen LogP contribution is 2.11. The van der Waals surface area contributed by atoms with Gasteiger partial charge < -0.3 is 4.74 Å². The van der Waals surface area contributed by atoms with Crippen LogP contribution in [-0.2, 0) is 20.3 Å². The van der Waals surface area contributed by atoms with Crippen molar-refractivity contribution in [3.8, 4) is 0 Å². The van der Waals surface area contributed by atoms with Gasteiger partial charge in [-0.3, -0.25) is 14.3 Å². The fraction of sp³-hybridized carbons (Fsp3) is 0.875. The molecule has 0 aromatic rings. The van der Waals surface area contributed by atoms with Gasteiger partial charge in [-0.15, -0.1) is 0 Å². The van der Waals surface area contributed by atoms with Crippen molar-refractivity contribution >= 4 is 16.8 Å². The molecule has 0 bridgehead atoms. The molecule has 1 aliphatic rings. The van der Waals surface area contributed by atoms with Crippen LogP contribution in [0.4, 0.5) is 0 Å². The minimum absolute atomic E-state index is 0.0960. The van der Waals surface area contributed by atoms with Crippen LogP contribution in [0.15, 0.2) is 0 Å². The van der Waals surface area contributed by atoms with Crippen molar-refractivity contribution in [3.05, 3.63) is 0 Å². The molecule has 1 N–H and O–H groups in total. The molecule has 0 aromatic carbocycles. The number of ether oxygens (including phenoxy) is 1. The molecule has 5 heteroatoms. The lowest BCUT2D eigenvalue weighted by atomic mass is 10.2. The van der Waals surface area contributed by atoms with Gasteiger partial charge in [0.05, 0.1) is 7.11 Å². The number of rotatable bonds is 1. The number of hydrogen-bond donors (Lipinski definition) is 1. The molecule has 1 aliphatic heterocycles. The van der Waals surface area contributed by atoms with Crippen LogP contribution in [0, 0.1) is 0 Å². The molecule has 0 aliphatic carbocycles. The molecule has 76 valence electrons. The van der Waals surface area contributed by atoms with Crippen molar-refractivity contribution in [2.75, 3.05) is 12.9 Å². The molecule has 13 heavy (non-hydrogen) atoms. The zero-order valence-corrected chi connectivity index (χ0v) is 8.89. The first-order valence-corrected chi connectivity index (χ1v) is 5.65. The summed E-state index contributed by atoms with van der Waals surface area (Å²) in [7, 11) is 0.412. The second-order valence-corrected chi connectivity index (χ2v) is 5.12. The van der Waals surface area contributed by atoms with Crippen LogP contribution in [0.3, 0.4) is 0 Å². The fourth-order valence-electron chi connectivity index (χ4n) is 1.32. The van der Waals surface area contributed by atoms with Gasteiger partial charge in [0.2, 0.25) is 0 Å². The van der Waals surface area contributed by atoms with Gasteiger partial charge in [0.1, 0.15) is 6.04 Å². The summed E-state index contributed by atoms with van der Waals surface area (Å²) >= 11 is 0. The maximum atomic E-state index is 11.5. The van der Waals surface area contributed by atoms with E-state index < -0.39 is 16.8 Å². The van der Waals surface area contributed by atoms with Gasteiger partial charge in [0.15, 0.2) is 0 Å². The van der Waals surface area contributed by atoms with Crippen LogP contribution in [0.2, 0.25) is 0 Å². The van der Waals surface area contributed by atoms with Crippen molar-refractivity contribution in [1.82, 2.24) is 5.32 Å². The molecule has 0 radical (unpaired) electrons. The Kier molecular flexibility index (Phi) is 3.44. The molecule has 1 rings (SSSR count). The first-order valence-electron chi connectivity index (χ1n) is 4.27. The number of nitrogens with one attached hydrogen (secondary N) is 1. The molecule has 1 saturated heterocycles. The number of hydrogen-bond acceptors (Lipinski definition) is 4. The Bertz CT molecular complexity index is 231. The van der Waals surface area contributed by atoms with Gasteiger partial charge in [0.25, 0.3) is 0 Å². The predicted octanol–water partition coefficient (Wildman–Crippen LogP) is -0.343. The van der Waals surface area contributed by atoms with Crippen LogP contribution in [-0.4, -0.2) is 40.4 Å². The highest BCUT2D eigenvalue weighted by molar-refractivity contribution is 7.85. The van der Waals surface area contributed by atoms with E-state index in [1.54, 1.807) is 0 Å². The summed E-state index contributed by atoms with van der Waals surface area (Å²) in [5.74, 6) is 0.0325. The van der Waals surface area contributed by atoms with E-state index in [9.17, 15) is 9.00 Å². The lowest BCUT2D eigenvalue weighted by Crippen LogP contribution is -2.56. The molecular formula is C8H15NO3S. The van der Waals surface area contributed by atoms with Crippen molar-refractivity contribution < 1.29 is 13.7 Å². The third-order valence-electron chi connectivity index (χ3n) is 2.40. The Balaban J connectivity index is 2.63. The third-order valence-corrected chi connectivity index (χ3v) is 4.30. The molecule has 1 fully saturated rings. The lowest BCUT2D eigenvalue weighted by Gasteiger charge is -2.31. The molecule has 4 nitrogen and oxygen atoms in total. The van der Waals surface area contributed by atoms with Crippen LogP contribution >= 0.6 is 0 Å². The van der Waals surface area contributed by atoms with Crippen molar-refractivity contribution in [3.63, 3.8) is 0 Å². The second-order valence-electron chi connectivity index (χ2n) is 3.28. The second kappa shape index (κ2) is 4.19. The summed E-state index contributed by atoms with van der Waals surface area (Å²) < 4.78 is 16.1. The van der Waals surface area contributed by atoms with Crippen LogP contribution < -0.4 is 5.32 Å². The first-order chi connectivity index (χ1) is 6.06. The van der Waals surface area contributed by atoms with E-state index in [1.807, 2.05) is 13.8 Å². The molecule has 0 aromatic heterocycles. The highest BCUT2D eigenvalue weighted by Gasteiger charge is 2.33. The summed E-state index contributed by atoms with van der Waals surface area (Å²) in [5, 5.41) is 3.18. The maximum absolute atomic E-state index is 11.5. The normalized spacial score (nSPS) is 39.9. The third kappa shape index (κ3) is 2.28. The molecule has 4 unspecified atom stereocenters. The van der Waals surface area contributed by atoms with E-state index in [0.29, 0.717) is 5.75 Å². The minimum atomic E-state index is -0.931. The molecular weight excluding hydrogens is 190 g/mol. The summed E-state index contributed by atoms with van der Waals surface area (Å²) in [6, 6.07) is -0.310. The predicted molar refractivity (Wildman–Crippen MR) is 50.9 cm³/mol. The van der Waals surface area contributed by atoms with Gasteiger partial charge in [-0.05, 0) is 13.8 Å². The lowest BCUT2D eigenvalue weighted by molar-refractivity contribution is -0.142.